The van der Waals surface area contributed by atoms with E-state index in [0.29, 0.717) is 17.7 Å². The fourth-order valence-corrected chi connectivity index (χ4v) is 4.77. The Morgan fingerprint density at radius 3 is 2.37 bits per heavy atom. The van der Waals surface area contributed by atoms with Gasteiger partial charge < -0.3 is 20.7 Å². The summed E-state index contributed by atoms with van der Waals surface area (Å²) < 4.78 is 5.55. The number of amides is 3. The first kappa shape index (κ1) is 30.9. The van der Waals surface area contributed by atoms with Gasteiger partial charge in [0.1, 0.15) is 11.8 Å². The van der Waals surface area contributed by atoms with E-state index in [9.17, 15) is 19.2 Å². The molecule has 4 rings (SSSR count). The predicted octanol–water partition coefficient (Wildman–Crippen LogP) is 4.10. The molecule has 0 aliphatic heterocycles. The number of nitrogens with zero attached hydrogens (tertiary/aromatic N) is 1. The highest BCUT2D eigenvalue weighted by Gasteiger charge is 2.25. The van der Waals surface area contributed by atoms with E-state index >= 15 is 0 Å². The van der Waals surface area contributed by atoms with Crippen LogP contribution in [-0.4, -0.2) is 54.7 Å². The van der Waals surface area contributed by atoms with Gasteiger partial charge in [-0.3, -0.25) is 24.2 Å². The highest BCUT2D eigenvalue weighted by atomic mass is 16.5. The first-order valence-corrected chi connectivity index (χ1v) is 14.2. The molecule has 1 heterocycles. The van der Waals surface area contributed by atoms with Gasteiger partial charge in [-0.15, -0.1) is 0 Å². The fraction of sp³-hybridized carbons (Fsp3) is 0.265. The molecule has 0 unspecified atom stereocenters. The number of nitrogens with one attached hydrogen (secondary N) is 3. The minimum Gasteiger partial charge on any atom is -0.495 e. The molecule has 0 spiro atoms. The second-order valence-corrected chi connectivity index (χ2v) is 10.6. The molecule has 9 nitrogen and oxygen atoms in total. The number of benzene rings is 3. The SMILES string of the molecule is COc1c(C(=O)N[C@@H](CC(C)C)C(=O)NCC(=O)CNC(=O)Cc2cccc(-c3ccccn3)c2)ccc2ccccc12. The van der Waals surface area contributed by atoms with Crippen molar-refractivity contribution in [1.29, 1.82) is 0 Å². The normalized spacial score (nSPS) is 11.5. The van der Waals surface area contributed by atoms with Crippen molar-refractivity contribution >= 4 is 34.3 Å². The second kappa shape index (κ2) is 14.7. The summed E-state index contributed by atoms with van der Waals surface area (Å²) in [5, 5.41) is 9.75. The average Bonchev–Trinajstić information content (AvgIpc) is 3.02. The van der Waals surface area contributed by atoms with Gasteiger partial charge in [0.15, 0.2) is 5.78 Å². The Bertz CT molecular complexity index is 1600. The zero-order valence-corrected chi connectivity index (χ0v) is 24.6. The van der Waals surface area contributed by atoms with Crippen molar-refractivity contribution in [3.63, 3.8) is 0 Å². The molecule has 3 N–H and O–H groups in total. The number of hydrogen-bond donors (Lipinski definition) is 3. The summed E-state index contributed by atoms with van der Waals surface area (Å²) in [6.07, 6.45) is 2.18. The lowest BCUT2D eigenvalue weighted by atomic mass is 10.0. The lowest BCUT2D eigenvalue weighted by molar-refractivity contribution is -0.127. The number of aromatic nitrogens is 1. The minimum absolute atomic E-state index is 0.0979. The summed E-state index contributed by atoms with van der Waals surface area (Å²) in [6.45, 7) is 3.37. The molecule has 0 fully saturated rings. The Hall–Kier alpha value is -5.05. The average molecular weight is 581 g/mol. The second-order valence-electron chi connectivity index (χ2n) is 10.6. The van der Waals surface area contributed by atoms with Crippen LogP contribution in [0.4, 0.5) is 0 Å². The summed E-state index contributed by atoms with van der Waals surface area (Å²) in [4.78, 5) is 55.6. The Morgan fingerprint density at radius 1 is 0.860 bits per heavy atom. The summed E-state index contributed by atoms with van der Waals surface area (Å²) in [6, 6.07) is 23.3. The lowest BCUT2D eigenvalue weighted by Crippen LogP contribution is -2.49. The summed E-state index contributed by atoms with van der Waals surface area (Å²) in [5.74, 6) is -1.08. The maximum Gasteiger partial charge on any atom is 0.255 e. The number of Topliss-reactive ketones (excluding diaryl/α,β-unsaturated/α-hetero) is 1. The van der Waals surface area contributed by atoms with E-state index in [-0.39, 0.29) is 37.1 Å². The molecule has 0 radical (unpaired) electrons. The highest BCUT2D eigenvalue weighted by molar-refractivity contribution is 6.05. The Kier molecular flexibility index (Phi) is 10.6. The van der Waals surface area contributed by atoms with Gasteiger partial charge in [-0.1, -0.05) is 68.4 Å². The van der Waals surface area contributed by atoms with Crippen molar-refractivity contribution in [2.24, 2.45) is 5.92 Å². The number of carbonyl (C=O) groups excluding carboxylic acids is 4. The molecule has 9 heteroatoms. The molecular weight excluding hydrogens is 544 g/mol. The van der Waals surface area contributed by atoms with E-state index in [0.717, 1.165) is 27.6 Å². The monoisotopic (exact) mass is 580 g/mol. The summed E-state index contributed by atoms with van der Waals surface area (Å²) in [5.41, 5.74) is 2.80. The molecular formula is C34H36N4O5. The molecule has 0 saturated heterocycles. The lowest BCUT2D eigenvalue weighted by Gasteiger charge is -2.21. The molecule has 0 aliphatic rings. The predicted molar refractivity (Wildman–Crippen MR) is 166 cm³/mol. The summed E-state index contributed by atoms with van der Waals surface area (Å²) in [7, 11) is 1.50. The van der Waals surface area contributed by atoms with Crippen LogP contribution in [-0.2, 0) is 20.8 Å². The van der Waals surface area contributed by atoms with Gasteiger partial charge in [0.2, 0.25) is 11.8 Å². The Balaban J connectivity index is 1.30. The molecule has 0 saturated carbocycles. The Labute approximate surface area is 251 Å². The van der Waals surface area contributed by atoms with Crippen LogP contribution < -0.4 is 20.7 Å². The quantitative estimate of drug-likeness (QED) is 0.219. The number of hydrogen-bond acceptors (Lipinski definition) is 6. The van der Waals surface area contributed by atoms with Crippen LogP contribution in [0, 0.1) is 5.92 Å². The first-order chi connectivity index (χ1) is 20.7. The van der Waals surface area contributed by atoms with E-state index in [4.69, 9.17) is 4.74 Å². The van der Waals surface area contributed by atoms with Crippen LogP contribution in [0.1, 0.15) is 36.2 Å². The molecule has 1 aromatic heterocycles. The fourth-order valence-electron chi connectivity index (χ4n) is 4.77. The van der Waals surface area contributed by atoms with Crippen molar-refractivity contribution in [3.8, 4) is 17.0 Å². The van der Waals surface area contributed by atoms with Gasteiger partial charge in [-0.25, -0.2) is 0 Å². The van der Waals surface area contributed by atoms with Gasteiger partial charge in [0.25, 0.3) is 5.91 Å². The van der Waals surface area contributed by atoms with Gasteiger partial charge in [0, 0.05) is 17.1 Å². The third-order valence-corrected chi connectivity index (χ3v) is 6.85. The van der Waals surface area contributed by atoms with Crippen molar-refractivity contribution in [2.75, 3.05) is 20.2 Å². The van der Waals surface area contributed by atoms with E-state index < -0.39 is 17.9 Å². The number of carbonyl (C=O) groups is 4. The minimum atomic E-state index is -0.863. The molecule has 222 valence electrons. The first-order valence-electron chi connectivity index (χ1n) is 14.2. The van der Waals surface area contributed by atoms with Gasteiger partial charge in [-0.05, 0) is 47.6 Å². The summed E-state index contributed by atoms with van der Waals surface area (Å²) >= 11 is 0. The van der Waals surface area contributed by atoms with Gasteiger partial charge in [-0.2, -0.15) is 0 Å². The zero-order valence-electron chi connectivity index (χ0n) is 24.6. The topological polar surface area (TPSA) is 126 Å². The molecule has 3 aromatic carbocycles. The van der Waals surface area contributed by atoms with Crippen molar-refractivity contribution < 1.29 is 23.9 Å². The smallest absolute Gasteiger partial charge is 0.255 e. The van der Waals surface area contributed by atoms with Crippen molar-refractivity contribution in [2.45, 2.75) is 32.7 Å². The van der Waals surface area contributed by atoms with Crippen LogP contribution in [0.25, 0.3) is 22.0 Å². The van der Waals surface area contributed by atoms with Crippen LogP contribution in [0.15, 0.2) is 85.1 Å². The van der Waals surface area contributed by atoms with Crippen molar-refractivity contribution in [1.82, 2.24) is 20.9 Å². The number of pyridine rings is 1. The molecule has 43 heavy (non-hydrogen) atoms. The highest BCUT2D eigenvalue weighted by Crippen LogP contribution is 2.29. The van der Waals surface area contributed by atoms with E-state index in [1.165, 1.54) is 7.11 Å². The third kappa shape index (κ3) is 8.48. The largest absolute Gasteiger partial charge is 0.495 e. The molecule has 4 aromatic rings. The maximum absolute atomic E-state index is 13.2. The van der Waals surface area contributed by atoms with Crippen molar-refractivity contribution in [3.05, 3.63) is 96.2 Å². The van der Waals surface area contributed by atoms with E-state index in [1.54, 1.807) is 12.3 Å². The zero-order chi connectivity index (χ0) is 30.8. The third-order valence-electron chi connectivity index (χ3n) is 6.85. The van der Waals surface area contributed by atoms with E-state index in [1.807, 2.05) is 86.6 Å². The number of fused-ring (bicyclic) bond motifs is 1. The van der Waals surface area contributed by atoms with Crippen LogP contribution in [0.5, 0.6) is 5.75 Å². The number of rotatable bonds is 13. The van der Waals surface area contributed by atoms with Gasteiger partial charge >= 0.3 is 0 Å². The molecule has 0 aliphatic carbocycles. The molecule has 3 amide bonds. The standard InChI is InChI=1S/C34H36N4O5/c1-22(2)17-30(38-33(41)28-15-14-24-10-4-5-12-27(24)32(28)43-3)34(42)37-21-26(39)20-36-31(40)19-23-9-8-11-25(18-23)29-13-6-7-16-35-29/h4-16,18,22,30H,17,19-21H2,1-3H3,(H,36,40)(H,37,42)(H,38,41)/t30-/m0/s1. The van der Waals surface area contributed by atoms with E-state index in [2.05, 4.69) is 20.9 Å². The number of methoxy groups -OCH3 is 1. The number of ether oxygens (including phenoxy) is 1. The maximum atomic E-state index is 13.2. The molecule has 1 atom stereocenters. The Morgan fingerprint density at radius 2 is 1.63 bits per heavy atom. The van der Waals surface area contributed by atoms with Crippen LogP contribution in [0.3, 0.4) is 0 Å². The number of ketones is 1. The van der Waals surface area contributed by atoms with Crippen LogP contribution >= 0.6 is 0 Å². The van der Waals surface area contributed by atoms with Crippen LogP contribution in [0.2, 0.25) is 0 Å². The molecule has 0 bridgehead atoms. The van der Waals surface area contributed by atoms with Gasteiger partial charge in [0.05, 0.1) is 37.9 Å².